The van der Waals surface area contributed by atoms with Gasteiger partial charge in [-0.2, -0.15) is 0 Å². The predicted molar refractivity (Wildman–Crippen MR) is 161 cm³/mol. The van der Waals surface area contributed by atoms with Crippen molar-refractivity contribution in [2.75, 3.05) is 38.2 Å². The van der Waals surface area contributed by atoms with E-state index in [1.165, 1.54) is 0 Å². The Morgan fingerprint density at radius 1 is 1.07 bits per heavy atom. The number of ether oxygens (including phenoxy) is 2. The molecule has 5 rings (SSSR count). The molecule has 0 atom stereocenters. The number of amides is 1. The molecule has 3 heterocycles. The quantitative estimate of drug-likeness (QED) is 0.259. The van der Waals surface area contributed by atoms with Crippen LogP contribution in [0.1, 0.15) is 48.8 Å². The van der Waals surface area contributed by atoms with Gasteiger partial charge >= 0.3 is 0 Å². The highest BCUT2D eigenvalue weighted by atomic mass is 16.5. The maximum Gasteiger partial charge on any atom is 0.251 e. The Labute approximate surface area is 241 Å². The molecule has 2 aromatic heterocycles. The molecular weight excluding hydrogens is 516 g/mol. The van der Waals surface area contributed by atoms with Crippen LogP contribution < -0.4 is 15.4 Å². The summed E-state index contributed by atoms with van der Waals surface area (Å²) in [6.07, 6.45) is 5.06. The van der Waals surface area contributed by atoms with Crippen molar-refractivity contribution >= 4 is 28.3 Å². The zero-order valence-corrected chi connectivity index (χ0v) is 24.2. The van der Waals surface area contributed by atoms with Crippen LogP contribution in [0.4, 0.5) is 11.5 Å². The molecule has 1 saturated heterocycles. The molecule has 0 bridgehead atoms. The lowest BCUT2D eigenvalue weighted by molar-refractivity contribution is 0.0383. The van der Waals surface area contributed by atoms with Gasteiger partial charge in [-0.15, -0.1) is 0 Å². The molecule has 0 saturated carbocycles. The number of benzene rings is 2. The fourth-order valence-corrected chi connectivity index (χ4v) is 4.61. The highest BCUT2D eigenvalue weighted by molar-refractivity contribution is 5.95. The Kier molecular flexibility index (Phi) is 8.75. The highest BCUT2D eigenvalue weighted by Crippen LogP contribution is 2.30. The van der Waals surface area contributed by atoms with Gasteiger partial charge in [-0.3, -0.25) is 14.7 Å². The lowest BCUT2D eigenvalue weighted by Crippen LogP contribution is -2.42. The summed E-state index contributed by atoms with van der Waals surface area (Å²) in [7, 11) is 0. The van der Waals surface area contributed by atoms with E-state index in [4.69, 9.17) is 9.47 Å². The van der Waals surface area contributed by atoms with Crippen LogP contribution in [0.2, 0.25) is 0 Å². The molecule has 2 aromatic carbocycles. The monoisotopic (exact) mass is 554 g/mol. The Bertz CT molecular complexity index is 1520. The molecule has 1 aliphatic heterocycles. The SMILES string of the molecule is CCC(C)(C)NC(=O)c1cccc(Oc2ccc(Nc3ncnc4cnc(CCN5CCOCC5)cc34)cc2C)c1. The zero-order valence-electron chi connectivity index (χ0n) is 24.2. The third-order valence-corrected chi connectivity index (χ3v) is 7.46. The maximum atomic E-state index is 12.7. The van der Waals surface area contributed by atoms with Crippen LogP contribution in [0, 0.1) is 6.92 Å². The first-order valence-corrected chi connectivity index (χ1v) is 14.2. The molecule has 41 heavy (non-hydrogen) atoms. The lowest BCUT2D eigenvalue weighted by Gasteiger charge is -2.26. The van der Waals surface area contributed by atoms with Crippen LogP contribution in [0.25, 0.3) is 10.9 Å². The van der Waals surface area contributed by atoms with Crippen molar-refractivity contribution in [3.05, 3.63) is 77.9 Å². The van der Waals surface area contributed by atoms with Crippen LogP contribution >= 0.6 is 0 Å². The van der Waals surface area contributed by atoms with Gasteiger partial charge < -0.3 is 20.1 Å². The average Bonchev–Trinajstić information content (AvgIpc) is 2.98. The Morgan fingerprint density at radius 3 is 2.68 bits per heavy atom. The number of anilines is 2. The van der Waals surface area contributed by atoms with Gasteiger partial charge in [-0.1, -0.05) is 13.0 Å². The molecule has 4 aromatic rings. The molecule has 2 N–H and O–H groups in total. The molecule has 1 fully saturated rings. The van der Waals surface area contributed by atoms with Crippen LogP contribution in [0.5, 0.6) is 11.5 Å². The van der Waals surface area contributed by atoms with Gasteiger partial charge in [0.2, 0.25) is 0 Å². The molecule has 1 amide bonds. The van der Waals surface area contributed by atoms with Gasteiger partial charge in [-0.25, -0.2) is 9.97 Å². The number of carbonyl (C=O) groups excluding carboxylic acids is 1. The first-order chi connectivity index (χ1) is 19.8. The molecule has 0 radical (unpaired) electrons. The molecule has 0 spiro atoms. The number of morpholine rings is 1. The third kappa shape index (κ3) is 7.36. The van der Waals surface area contributed by atoms with Crippen LogP contribution in [0.15, 0.2) is 61.1 Å². The van der Waals surface area contributed by atoms with Gasteiger partial charge in [0, 0.05) is 53.9 Å². The summed E-state index contributed by atoms with van der Waals surface area (Å²) in [6, 6.07) is 15.2. The molecule has 9 heteroatoms. The fraction of sp³-hybridized carbons (Fsp3) is 0.375. The van der Waals surface area contributed by atoms with Gasteiger partial charge in [0.15, 0.2) is 0 Å². The number of fused-ring (bicyclic) bond motifs is 1. The van der Waals surface area contributed by atoms with Crippen LogP contribution in [-0.2, 0) is 11.2 Å². The average molecular weight is 555 g/mol. The van der Waals surface area contributed by atoms with E-state index in [0.29, 0.717) is 17.1 Å². The number of rotatable bonds is 10. The minimum atomic E-state index is -0.274. The normalized spacial score (nSPS) is 14.1. The number of hydrogen-bond acceptors (Lipinski definition) is 8. The largest absolute Gasteiger partial charge is 0.457 e. The molecule has 0 aliphatic carbocycles. The topological polar surface area (TPSA) is 102 Å². The molecular formula is C32H38N6O3. The van der Waals surface area contributed by atoms with Gasteiger partial charge in [0.25, 0.3) is 5.91 Å². The second-order valence-corrected chi connectivity index (χ2v) is 11.0. The summed E-state index contributed by atoms with van der Waals surface area (Å²) in [5.74, 6) is 1.93. The van der Waals surface area contributed by atoms with E-state index >= 15 is 0 Å². The zero-order chi connectivity index (χ0) is 28.8. The van der Waals surface area contributed by atoms with Gasteiger partial charge in [0.05, 0.1) is 24.9 Å². The minimum Gasteiger partial charge on any atom is -0.457 e. The number of nitrogens with one attached hydrogen (secondary N) is 2. The summed E-state index contributed by atoms with van der Waals surface area (Å²) in [5.41, 5.74) is 3.93. The van der Waals surface area contributed by atoms with Gasteiger partial charge in [0.1, 0.15) is 23.6 Å². The van der Waals surface area contributed by atoms with Gasteiger partial charge in [-0.05, 0) is 75.2 Å². The van der Waals surface area contributed by atoms with Crippen molar-refractivity contribution in [3.8, 4) is 11.5 Å². The van der Waals surface area contributed by atoms with E-state index < -0.39 is 0 Å². The smallest absolute Gasteiger partial charge is 0.251 e. The van der Waals surface area contributed by atoms with Crippen molar-refractivity contribution < 1.29 is 14.3 Å². The maximum absolute atomic E-state index is 12.7. The highest BCUT2D eigenvalue weighted by Gasteiger charge is 2.19. The Morgan fingerprint density at radius 2 is 1.90 bits per heavy atom. The van der Waals surface area contributed by atoms with E-state index in [-0.39, 0.29) is 11.4 Å². The first-order valence-electron chi connectivity index (χ1n) is 14.2. The number of hydrogen-bond donors (Lipinski definition) is 2. The Balaban J connectivity index is 1.28. The second-order valence-electron chi connectivity index (χ2n) is 11.0. The van der Waals surface area contributed by atoms with Crippen LogP contribution in [-0.4, -0.2) is 64.1 Å². The van der Waals surface area contributed by atoms with E-state index in [1.807, 2.05) is 57.3 Å². The first kappa shape index (κ1) is 28.4. The number of pyridine rings is 1. The summed E-state index contributed by atoms with van der Waals surface area (Å²) in [6.45, 7) is 12.5. The predicted octanol–water partition coefficient (Wildman–Crippen LogP) is 5.66. The van der Waals surface area contributed by atoms with E-state index in [2.05, 4.69) is 43.5 Å². The molecule has 9 nitrogen and oxygen atoms in total. The molecule has 214 valence electrons. The standard InChI is InChI=1S/C32H38N6O3/c1-5-32(3,4)37-31(39)23-7-6-8-26(18-23)41-29-10-9-25(17-22(29)2)36-30-27-19-24(33-20-28(27)34-21-35-30)11-12-38-13-15-40-16-14-38/h6-10,17-21H,5,11-16H2,1-4H3,(H,37,39)(H,34,35,36). The summed E-state index contributed by atoms with van der Waals surface area (Å²) < 4.78 is 11.6. The third-order valence-electron chi connectivity index (χ3n) is 7.46. The molecule has 0 unspecified atom stereocenters. The molecule has 1 aliphatic rings. The Hall–Kier alpha value is -4.08. The van der Waals surface area contributed by atoms with Crippen molar-refractivity contribution in [3.63, 3.8) is 0 Å². The van der Waals surface area contributed by atoms with Crippen LogP contribution in [0.3, 0.4) is 0 Å². The summed E-state index contributed by atoms with van der Waals surface area (Å²) >= 11 is 0. The van der Waals surface area contributed by atoms with E-state index in [9.17, 15) is 4.79 Å². The summed E-state index contributed by atoms with van der Waals surface area (Å²) in [5, 5.41) is 7.45. The van der Waals surface area contributed by atoms with E-state index in [1.54, 1.807) is 18.5 Å². The lowest BCUT2D eigenvalue weighted by atomic mass is 10.0. The summed E-state index contributed by atoms with van der Waals surface area (Å²) in [4.78, 5) is 28.7. The number of aryl methyl sites for hydroxylation is 1. The van der Waals surface area contributed by atoms with Crippen molar-refractivity contribution in [1.82, 2.24) is 25.2 Å². The fourth-order valence-electron chi connectivity index (χ4n) is 4.61. The van der Waals surface area contributed by atoms with Crippen molar-refractivity contribution in [1.29, 1.82) is 0 Å². The second kappa shape index (κ2) is 12.6. The van der Waals surface area contributed by atoms with E-state index in [0.717, 1.165) is 79.4 Å². The minimum absolute atomic E-state index is 0.116. The number of aromatic nitrogens is 3. The van der Waals surface area contributed by atoms with Crippen molar-refractivity contribution in [2.45, 2.75) is 46.1 Å². The number of nitrogens with zero attached hydrogens (tertiary/aromatic N) is 4. The number of carbonyl (C=O) groups is 1. The van der Waals surface area contributed by atoms with Crippen molar-refractivity contribution in [2.24, 2.45) is 0 Å².